The molecule has 0 aliphatic heterocycles. The van der Waals surface area contributed by atoms with Crippen molar-refractivity contribution < 1.29 is 13.2 Å². The fourth-order valence-corrected chi connectivity index (χ4v) is 2.04. The average Bonchev–Trinajstić information content (AvgIpc) is 2.27. The molecule has 1 aromatic heterocycles. The van der Waals surface area contributed by atoms with E-state index in [1.54, 1.807) is 13.0 Å². The summed E-state index contributed by atoms with van der Waals surface area (Å²) in [6, 6.07) is 3.17. The van der Waals surface area contributed by atoms with Gasteiger partial charge >= 0.3 is 0 Å². The molecule has 0 saturated heterocycles. The summed E-state index contributed by atoms with van der Waals surface area (Å²) in [6.07, 6.45) is 2.07. The Bertz CT molecular complexity index is 483. The number of nitrogens with two attached hydrogens (primary N) is 1. The second kappa shape index (κ2) is 5.07. The molecule has 0 atom stereocenters. The predicted octanol–water partition coefficient (Wildman–Crippen LogP) is 0.293. The van der Waals surface area contributed by atoms with Crippen LogP contribution in [0.25, 0.3) is 0 Å². The van der Waals surface area contributed by atoms with Gasteiger partial charge in [0, 0.05) is 12.6 Å². The third kappa shape index (κ3) is 3.30. The first-order valence-corrected chi connectivity index (χ1v) is 6.57. The van der Waals surface area contributed by atoms with Crippen molar-refractivity contribution in [1.29, 1.82) is 0 Å². The topological polar surface area (TPSA) is 90.1 Å². The van der Waals surface area contributed by atoms with Crippen molar-refractivity contribution in [1.82, 2.24) is 4.98 Å². The van der Waals surface area contributed by atoms with Crippen molar-refractivity contribution in [2.24, 2.45) is 5.73 Å². The molecule has 16 heavy (non-hydrogen) atoms. The van der Waals surface area contributed by atoms with Gasteiger partial charge in [0.05, 0.1) is 5.75 Å². The molecule has 1 amide bonds. The quantitative estimate of drug-likeness (QED) is 0.803. The van der Waals surface area contributed by atoms with Gasteiger partial charge in [-0.15, -0.1) is 0 Å². The Morgan fingerprint density at radius 1 is 1.50 bits per heavy atom. The van der Waals surface area contributed by atoms with E-state index >= 15 is 0 Å². The number of hydrogen-bond donors (Lipinski definition) is 1. The maximum Gasteiger partial charge on any atom is 0.217 e. The second-order valence-electron chi connectivity index (χ2n) is 3.37. The largest absolute Gasteiger partial charge is 0.370 e. The number of nitrogens with zero attached hydrogens (tertiary/aromatic N) is 1. The van der Waals surface area contributed by atoms with Crippen LogP contribution in [-0.2, 0) is 21.1 Å². The summed E-state index contributed by atoms with van der Waals surface area (Å²) >= 11 is 0. The lowest BCUT2D eigenvalue weighted by Crippen LogP contribution is -2.12. The zero-order valence-electron chi connectivity index (χ0n) is 9.01. The van der Waals surface area contributed by atoms with E-state index in [9.17, 15) is 13.2 Å². The first-order chi connectivity index (χ1) is 7.45. The van der Waals surface area contributed by atoms with Gasteiger partial charge < -0.3 is 5.73 Å². The smallest absolute Gasteiger partial charge is 0.217 e. The summed E-state index contributed by atoms with van der Waals surface area (Å²) in [4.78, 5) is 14.4. The van der Waals surface area contributed by atoms with Crippen molar-refractivity contribution >= 4 is 15.7 Å². The molecule has 0 aliphatic carbocycles. The SMILES string of the molecule is CCS(=O)(=O)c1cc(CCC(N)=O)ccn1. The van der Waals surface area contributed by atoms with Crippen LogP contribution in [0.3, 0.4) is 0 Å². The van der Waals surface area contributed by atoms with E-state index in [1.165, 1.54) is 12.3 Å². The minimum Gasteiger partial charge on any atom is -0.370 e. The number of amides is 1. The maximum atomic E-state index is 11.5. The van der Waals surface area contributed by atoms with Crippen LogP contribution >= 0.6 is 0 Å². The van der Waals surface area contributed by atoms with Gasteiger partial charge in [0.25, 0.3) is 0 Å². The highest BCUT2D eigenvalue weighted by molar-refractivity contribution is 7.91. The Kier molecular flexibility index (Phi) is 4.00. The van der Waals surface area contributed by atoms with Gasteiger partial charge in [-0.1, -0.05) is 6.92 Å². The van der Waals surface area contributed by atoms with Crippen molar-refractivity contribution in [2.75, 3.05) is 5.75 Å². The van der Waals surface area contributed by atoms with Crippen LogP contribution in [0.1, 0.15) is 18.9 Å². The molecular formula is C10H14N2O3S. The second-order valence-corrected chi connectivity index (χ2v) is 5.60. The minimum absolute atomic E-state index is 0.0132. The summed E-state index contributed by atoms with van der Waals surface area (Å²) in [5.74, 6) is -0.393. The number of aromatic nitrogens is 1. The van der Waals surface area contributed by atoms with Gasteiger partial charge in [0.2, 0.25) is 5.91 Å². The highest BCUT2D eigenvalue weighted by Crippen LogP contribution is 2.11. The molecule has 6 heteroatoms. The first-order valence-electron chi connectivity index (χ1n) is 4.91. The van der Waals surface area contributed by atoms with Crippen LogP contribution in [0, 0.1) is 0 Å². The number of pyridine rings is 1. The molecule has 0 fully saturated rings. The highest BCUT2D eigenvalue weighted by Gasteiger charge is 2.13. The Morgan fingerprint density at radius 2 is 2.19 bits per heavy atom. The van der Waals surface area contributed by atoms with Crippen molar-refractivity contribution in [3.8, 4) is 0 Å². The molecule has 0 spiro atoms. The fourth-order valence-electron chi connectivity index (χ4n) is 1.19. The Hall–Kier alpha value is -1.43. The molecule has 1 aromatic rings. The van der Waals surface area contributed by atoms with Gasteiger partial charge in [0.1, 0.15) is 0 Å². The first kappa shape index (κ1) is 12.6. The molecule has 0 saturated carbocycles. The minimum atomic E-state index is -3.29. The van der Waals surface area contributed by atoms with E-state index in [1.807, 2.05) is 0 Å². The zero-order valence-corrected chi connectivity index (χ0v) is 9.83. The van der Waals surface area contributed by atoms with E-state index in [0.29, 0.717) is 6.42 Å². The lowest BCUT2D eigenvalue weighted by Gasteiger charge is -2.03. The Morgan fingerprint density at radius 3 is 2.75 bits per heavy atom. The summed E-state index contributed by atoms with van der Waals surface area (Å²) in [5, 5.41) is 0.0528. The number of carbonyl (C=O) groups excluding carboxylic acids is 1. The number of aryl methyl sites for hydroxylation is 1. The molecule has 1 rings (SSSR count). The number of rotatable bonds is 5. The lowest BCUT2D eigenvalue weighted by molar-refractivity contribution is -0.117. The molecule has 5 nitrogen and oxygen atoms in total. The molecular weight excluding hydrogens is 228 g/mol. The summed E-state index contributed by atoms with van der Waals surface area (Å²) in [5.41, 5.74) is 5.77. The maximum absolute atomic E-state index is 11.5. The van der Waals surface area contributed by atoms with E-state index < -0.39 is 15.7 Å². The van der Waals surface area contributed by atoms with Gasteiger partial charge in [-0.05, 0) is 24.1 Å². The Labute approximate surface area is 94.6 Å². The fraction of sp³-hybridized carbons (Fsp3) is 0.400. The van der Waals surface area contributed by atoms with Crippen LogP contribution in [0.4, 0.5) is 0 Å². The van der Waals surface area contributed by atoms with E-state index in [0.717, 1.165) is 5.56 Å². The van der Waals surface area contributed by atoms with E-state index in [2.05, 4.69) is 4.98 Å². The van der Waals surface area contributed by atoms with Crippen LogP contribution < -0.4 is 5.73 Å². The highest BCUT2D eigenvalue weighted by atomic mass is 32.2. The average molecular weight is 242 g/mol. The third-order valence-corrected chi connectivity index (χ3v) is 3.78. The van der Waals surface area contributed by atoms with Crippen LogP contribution in [0.5, 0.6) is 0 Å². The van der Waals surface area contributed by atoms with E-state index in [-0.39, 0.29) is 17.2 Å². The predicted molar refractivity (Wildman–Crippen MR) is 59.5 cm³/mol. The molecule has 2 N–H and O–H groups in total. The van der Waals surface area contributed by atoms with Crippen LogP contribution in [0.15, 0.2) is 23.4 Å². The summed E-state index contributed by atoms with van der Waals surface area (Å²) in [7, 11) is -3.29. The molecule has 0 bridgehead atoms. The van der Waals surface area contributed by atoms with Gasteiger partial charge in [-0.3, -0.25) is 4.79 Å². The third-order valence-electron chi connectivity index (χ3n) is 2.16. The van der Waals surface area contributed by atoms with E-state index in [4.69, 9.17) is 5.73 Å². The molecule has 0 aliphatic rings. The monoisotopic (exact) mass is 242 g/mol. The number of primary amides is 1. The molecule has 0 unspecified atom stereocenters. The standard InChI is InChI=1S/C10H14N2O3S/c1-2-16(14,15)10-7-8(5-6-12-10)3-4-9(11)13/h5-7H,2-4H2,1H3,(H2,11,13). The van der Waals surface area contributed by atoms with Gasteiger partial charge in [-0.25, -0.2) is 13.4 Å². The number of carbonyl (C=O) groups is 1. The number of sulfone groups is 1. The summed E-state index contributed by atoms with van der Waals surface area (Å²) in [6.45, 7) is 1.56. The lowest BCUT2D eigenvalue weighted by atomic mass is 10.1. The van der Waals surface area contributed by atoms with Gasteiger partial charge in [-0.2, -0.15) is 0 Å². The molecule has 88 valence electrons. The number of hydrogen-bond acceptors (Lipinski definition) is 4. The van der Waals surface area contributed by atoms with Crippen molar-refractivity contribution in [3.63, 3.8) is 0 Å². The van der Waals surface area contributed by atoms with Crippen molar-refractivity contribution in [3.05, 3.63) is 23.9 Å². The molecule has 0 aromatic carbocycles. The zero-order chi connectivity index (χ0) is 12.2. The van der Waals surface area contributed by atoms with Gasteiger partial charge in [0.15, 0.2) is 14.9 Å². The van der Waals surface area contributed by atoms with Crippen LogP contribution in [0.2, 0.25) is 0 Å². The Balaban J connectivity index is 2.91. The van der Waals surface area contributed by atoms with Crippen LogP contribution in [-0.4, -0.2) is 25.1 Å². The normalized spacial score (nSPS) is 11.3. The van der Waals surface area contributed by atoms with Crippen molar-refractivity contribution in [2.45, 2.75) is 24.8 Å². The molecule has 0 radical (unpaired) electrons. The summed E-state index contributed by atoms with van der Waals surface area (Å²) < 4.78 is 23.1. The molecule has 1 heterocycles.